The normalized spacial score (nSPS) is 23.0. The number of nitrogens with zero attached hydrogens (tertiary/aromatic N) is 3. The standard InChI is InChI=1S/C20H31N5O2/c1-21-19(22-15-20(24(2)3)9-11-27-12-10-20)23-16-13-18(26)25(14-16)17-7-5-4-6-8-17/h4-8,16H,9-15H2,1-3H3,(H2,21,22,23). The van der Waals surface area contributed by atoms with E-state index in [1.54, 1.807) is 7.05 Å². The third-order valence-electron chi connectivity index (χ3n) is 5.71. The Morgan fingerprint density at radius 2 is 2.00 bits per heavy atom. The average Bonchev–Trinajstić information content (AvgIpc) is 3.06. The minimum atomic E-state index is 0.0499. The number of benzene rings is 1. The van der Waals surface area contributed by atoms with E-state index in [4.69, 9.17) is 4.74 Å². The molecule has 7 heteroatoms. The Morgan fingerprint density at radius 1 is 1.30 bits per heavy atom. The Bertz CT molecular complexity index is 656. The average molecular weight is 374 g/mol. The first-order valence-corrected chi connectivity index (χ1v) is 9.62. The summed E-state index contributed by atoms with van der Waals surface area (Å²) >= 11 is 0. The van der Waals surface area contributed by atoms with Crippen LogP contribution in [0, 0.1) is 0 Å². The molecule has 2 heterocycles. The molecule has 2 saturated heterocycles. The fraction of sp³-hybridized carbons (Fsp3) is 0.600. The zero-order chi connectivity index (χ0) is 19.3. The summed E-state index contributed by atoms with van der Waals surface area (Å²) in [7, 11) is 6.01. The van der Waals surface area contributed by atoms with Crippen molar-refractivity contribution in [2.24, 2.45) is 4.99 Å². The van der Waals surface area contributed by atoms with Crippen LogP contribution in [0.4, 0.5) is 5.69 Å². The Hall–Kier alpha value is -2.12. The van der Waals surface area contributed by atoms with Crippen molar-refractivity contribution in [2.45, 2.75) is 30.8 Å². The number of anilines is 1. The number of para-hydroxylation sites is 1. The summed E-state index contributed by atoms with van der Waals surface area (Å²) in [6.45, 7) is 3.02. The number of hydrogen-bond donors (Lipinski definition) is 2. The number of carbonyl (C=O) groups excluding carboxylic acids is 1. The molecule has 1 aromatic rings. The van der Waals surface area contributed by atoms with E-state index < -0.39 is 0 Å². The lowest BCUT2D eigenvalue weighted by Gasteiger charge is -2.43. The first-order valence-electron chi connectivity index (χ1n) is 9.62. The van der Waals surface area contributed by atoms with Crippen molar-refractivity contribution in [3.05, 3.63) is 30.3 Å². The van der Waals surface area contributed by atoms with Gasteiger partial charge in [0.05, 0.1) is 6.04 Å². The molecule has 148 valence electrons. The highest BCUT2D eigenvalue weighted by molar-refractivity contribution is 5.97. The summed E-state index contributed by atoms with van der Waals surface area (Å²) in [4.78, 5) is 20.9. The molecule has 3 rings (SSSR count). The summed E-state index contributed by atoms with van der Waals surface area (Å²) in [5.74, 6) is 0.888. The van der Waals surface area contributed by atoms with E-state index in [2.05, 4.69) is 34.6 Å². The molecular weight excluding hydrogens is 342 g/mol. The molecule has 0 spiro atoms. The quantitative estimate of drug-likeness (QED) is 0.597. The molecule has 7 nitrogen and oxygen atoms in total. The van der Waals surface area contributed by atoms with Crippen molar-refractivity contribution < 1.29 is 9.53 Å². The Labute approximate surface area is 161 Å². The zero-order valence-corrected chi connectivity index (χ0v) is 16.6. The van der Waals surface area contributed by atoms with Crippen molar-refractivity contribution >= 4 is 17.6 Å². The number of hydrogen-bond acceptors (Lipinski definition) is 4. The summed E-state index contributed by atoms with van der Waals surface area (Å²) < 4.78 is 5.54. The second-order valence-electron chi connectivity index (χ2n) is 7.54. The van der Waals surface area contributed by atoms with Crippen LogP contribution in [0.3, 0.4) is 0 Å². The van der Waals surface area contributed by atoms with Gasteiger partial charge in [-0.25, -0.2) is 0 Å². The summed E-state index contributed by atoms with van der Waals surface area (Å²) in [5.41, 5.74) is 1.01. The highest BCUT2D eigenvalue weighted by Crippen LogP contribution is 2.25. The monoisotopic (exact) mass is 373 g/mol. The number of nitrogens with one attached hydrogen (secondary N) is 2. The molecule has 2 N–H and O–H groups in total. The van der Waals surface area contributed by atoms with Gasteiger partial charge in [0, 0.05) is 51.0 Å². The minimum absolute atomic E-state index is 0.0499. The van der Waals surface area contributed by atoms with Crippen molar-refractivity contribution in [3.8, 4) is 0 Å². The number of aliphatic imine (C=N–C) groups is 1. The van der Waals surface area contributed by atoms with Crippen LogP contribution in [0.1, 0.15) is 19.3 Å². The Kier molecular flexibility index (Phi) is 6.34. The first kappa shape index (κ1) is 19.6. The molecule has 1 unspecified atom stereocenters. The summed E-state index contributed by atoms with van der Waals surface area (Å²) in [5, 5.41) is 6.89. The van der Waals surface area contributed by atoms with Gasteiger partial charge in [0.1, 0.15) is 0 Å². The third kappa shape index (κ3) is 4.59. The Morgan fingerprint density at radius 3 is 2.63 bits per heavy atom. The predicted molar refractivity (Wildman–Crippen MR) is 108 cm³/mol. The predicted octanol–water partition coefficient (Wildman–Crippen LogP) is 1.07. The topological polar surface area (TPSA) is 69.2 Å². The molecule has 2 fully saturated rings. The van der Waals surface area contributed by atoms with Gasteiger partial charge >= 0.3 is 0 Å². The van der Waals surface area contributed by atoms with E-state index in [-0.39, 0.29) is 17.5 Å². The Balaban J connectivity index is 1.57. The van der Waals surface area contributed by atoms with Crippen LogP contribution in [-0.2, 0) is 9.53 Å². The first-order chi connectivity index (χ1) is 13.0. The van der Waals surface area contributed by atoms with Gasteiger partial charge in [-0.15, -0.1) is 0 Å². The van der Waals surface area contributed by atoms with E-state index in [0.717, 1.165) is 44.2 Å². The molecule has 2 aliphatic heterocycles. The van der Waals surface area contributed by atoms with E-state index in [9.17, 15) is 4.79 Å². The maximum absolute atomic E-state index is 12.4. The molecule has 0 bridgehead atoms. The van der Waals surface area contributed by atoms with Crippen molar-refractivity contribution in [1.82, 2.24) is 15.5 Å². The smallest absolute Gasteiger partial charge is 0.229 e. The van der Waals surface area contributed by atoms with E-state index in [1.165, 1.54) is 0 Å². The molecule has 0 radical (unpaired) electrons. The SMILES string of the molecule is CN=C(NCC1(N(C)C)CCOCC1)NC1CC(=O)N(c2ccccc2)C1. The number of amides is 1. The largest absolute Gasteiger partial charge is 0.381 e. The number of rotatable bonds is 5. The van der Waals surface area contributed by atoms with Crippen LogP contribution in [0.2, 0.25) is 0 Å². The molecule has 2 aliphatic rings. The number of carbonyl (C=O) groups is 1. The van der Waals surface area contributed by atoms with Crippen LogP contribution in [0.25, 0.3) is 0 Å². The lowest BCUT2D eigenvalue weighted by atomic mass is 9.88. The third-order valence-corrected chi connectivity index (χ3v) is 5.71. The van der Waals surface area contributed by atoms with Crippen molar-refractivity contribution in [1.29, 1.82) is 0 Å². The highest BCUT2D eigenvalue weighted by atomic mass is 16.5. The van der Waals surface area contributed by atoms with Gasteiger partial charge in [-0.3, -0.25) is 9.79 Å². The van der Waals surface area contributed by atoms with Crippen molar-refractivity contribution in [2.75, 3.05) is 52.3 Å². The summed E-state index contributed by atoms with van der Waals surface area (Å²) in [6.07, 6.45) is 2.46. The molecule has 1 amide bonds. The molecule has 1 aromatic carbocycles. The highest BCUT2D eigenvalue weighted by Gasteiger charge is 2.35. The molecule has 0 aliphatic carbocycles. The van der Waals surface area contributed by atoms with Crippen LogP contribution in [0.15, 0.2) is 35.3 Å². The van der Waals surface area contributed by atoms with E-state index in [1.807, 2.05) is 35.2 Å². The van der Waals surface area contributed by atoms with Crippen LogP contribution < -0.4 is 15.5 Å². The van der Waals surface area contributed by atoms with Gasteiger partial charge in [0.25, 0.3) is 0 Å². The maximum atomic E-state index is 12.4. The molecule has 0 aromatic heterocycles. The van der Waals surface area contributed by atoms with Gasteiger partial charge in [-0.05, 0) is 39.1 Å². The second-order valence-corrected chi connectivity index (χ2v) is 7.54. The lowest BCUT2D eigenvalue weighted by molar-refractivity contribution is -0.117. The summed E-state index contributed by atoms with van der Waals surface area (Å²) in [6, 6.07) is 9.87. The molecule has 0 saturated carbocycles. The number of guanidine groups is 1. The lowest BCUT2D eigenvalue weighted by Crippen LogP contribution is -2.57. The second kappa shape index (κ2) is 8.71. The maximum Gasteiger partial charge on any atom is 0.229 e. The minimum Gasteiger partial charge on any atom is -0.381 e. The van der Waals surface area contributed by atoms with Gasteiger partial charge in [-0.1, -0.05) is 18.2 Å². The van der Waals surface area contributed by atoms with E-state index >= 15 is 0 Å². The van der Waals surface area contributed by atoms with Crippen molar-refractivity contribution in [3.63, 3.8) is 0 Å². The van der Waals surface area contributed by atoms with E-state index in [0.29, 0.717) is 13.0 Å². The fourth-order valence-corrected chi connectivity index (χ4v) is 3.83. The van der Waals surface area contributed by atoms with Crippen LogP contribution in [-0.4, -0.2) is 75.8 Å². The van der Waals surface area contributed by atoms with Gasteiger partial charge in [0.2, 0.25) is 5.91 Å². The molecule has 1 atom stereocenters. The zero-order valence-electron chi connectivity index (χ0n) is 16.6. The molecular formula is C20H31N5O2. The molecule has 27 heavy (non-hydrogen) atoms. The van der Waals surface area contributed by atoms with Crippen LogP contribution >= 0.6 is 0 Å². The van der Waals surface area contributed by atoms with Gasteiger partial charge < -0.3 is 25.2 Å². The fourth-order valence-electron chi connectivity index (χ4n) is 3.83. The van der Waals surface area contributed by atoms with Crippen LogP contribution in [0.5, 0.6) is 0 Å². The number of likely N-dealkylation sites (N-methyl/N-ethyl adjacent to an activating group) is 1. The van der Waals surface area contributed by atoms with Gasteiger partial charge in [-0.2, -0.15) is 0 Å². The van der Waals surface area contributed by atoms with Gasteiger partial charge in [0.15, 0.2) is 5.96 Å². The number of ether oxygens (including phenoxy) is 1.